The molecule has 0 aliphatic carbocycles. The number of amides is 1. The molecule has 0 aromatic heterocycles. The predicted molar refractivity (Wildman–Crippen MR) is 87.2 cm³/mol. The van der Waals surface area contributed by atoms with Gasteiger partial charge < -0.3 is 16.0 Å². The van der Waals surface area contributed by atoms with Crippen molar-refractivity contribution < 1.29 is 4.79 Å². The normalized spacial score (nSPS) is 10.4. The van der Waals surface area contributed by atoms with Crippen molar-refractivity contribution in [2.24, 2.45) is 4.99 Å². The lowest BCUT2D eigenvalue weighted by molar-refractivity contribution is -0.114. The monoisotopic (exact) mass is 284 g/mol. The fourth-order valence-corrected chi connectivity index (χ4v) is 1.55. The van der Waals surface area contributed by atoms with Crippen molar-refractivity contribution in [2.75, 3.05) is 25.0 Å². The number of aliphatic imine (C=N–C) groups is 1. The summed E-state index contributed by atoms with van der Waals surface area (Å²) in [5, 5.41) is 8.81. The zero-order valence-electron chi connectivity index (χ0n) is 12.1. The molecule has 0 saturated carbocycles. The Kier molecular flexibility index (Phi) is 7.15. The molecule has 5 heteroatoms. The maximum Gasteiger partial charge on any atom is 0.246 e. The van der Waals surface area contributed by atoms with Crippen molar-refractivity contribution in [3.63, 3.8) is 0 Å². The minimum atomic E-state index is -0.208. The van der Waals surface area contributed by atoms with Crippen molar-refractivity contribution in [3.8, 4) is 12.3 Å². The fraction of sp³-hybridized carbons (Fsp3) is 0.250. The molecule has 0 radical (unpaired) electrons. The van der Waals surface area contributed by atoms with E-state index < -0.39 is 0 Å². The van der Waals surface area contributed by atoms with Crippen LogP contribution in [-0.2, 0) is 4.79 Å². The first-order chi connectivity index (χ1) is 10.2. The summed E-state index contributed by atoms with van der Waals surface area (Å²) in [6.45, 7) is 6.89. The summed E-state index contributed by atoms with van der Waals surface area (Å²) in [7, 11) is 0. The molecule has 0 heterocycles. The number of hydrogen-bond donors (Lipinski definition) is 3. The number of carbonyl (C=O) groups is 1. The second kappa shape index (κ2) is 9.21. The first-order valence-corrected chi connectivity index (χ1v) is 6.69. The third-order valence-electron chi connectivity index (χ3n) is 2.45. The minimum absolute atomic E-state index is 0.0206. The largest absolute Gasteiger partial charge is 0.357 e. The van der Waals surface area contributed by atoms with Crippen LogP contribution in [0.25, 0.3) is 0 Å². The maximum atomic E-state index is 11.8. The smallest absolute Gasteiger partial charge is 0.246 e. The van der Waals surface area contributed by atoms with Gasteiger partial charge in [0.2, 0.25) is 5.91 Å². The lowest BCUT2D eigenvalue weighted by atomic mass is 10.2. The van der Waals surface area contributed by atoms with Crippen molar-refractivity contribution in [1.82, 2.24) is 10.6 Å². The van der Waals surface area contributed by atoms with Gasteiger partial charge >= 0.3 is 0 Å². The molecule has 1 amide bonds. The third-order valence-corrected chi connectivity index (χ3v) is 2.45. The van der Waals surface area contributed by atoms with Crippen LogP contribution < -0.4 is 16.0 Å². The van der Waals surface area contributed by atoms with Gasteiger partial charge in [0.25, 0.3) is 0 Å². The highest BCUT2D eigenvalue weighted by Gasteiger charge is 2.03. The number of hydrogen-bond acceptors (Lipinski definition) is 2. The van der Waals surface area contributed by atoms with Crippen molar-refractivity contribution in [2.45, 2.75) is 6.92 Å². The molecule has 1 rings (SSSR count). The van der Waals surface area contributed by atoms with E-state index in [1.807, 2.05) is 6.92 Å². The van der Waals surface area contributed by atoms with Gasteiger partial charge in [0, 0.05) is 24.3 Å². The van der Waals surface area contributed by atoms with Crippen LogP contribution in [0.5, 0.6) is 0 Å². The fourth-order valence-electron chi connectivity index (χ4n) is 1.55. The molecule has 0 fully saturated rings. The molecule has 21 heavy (non-hydrogen) atoms. The Hall–Kier alpha value is -2.74. The van der Waals surface area contributed by atoms with E-state index in [9.17, 15) is 4.79 Å². The number of terminal acetylenes is 1. The summed E-state index contributed by atoms with van der Waals surface area (Å²) in [5.41, 5.74) is 1.38. The van der Waals surface area contributed by atoms with E-state index in [0.717, 1.165) is 12.1 Å². The van der Waals surface area contributed by atoms with Gasteiger partial charge in [-0.2, -0.15) is 0 Å². The molecule has 0 saturated heterocycles. The average Bonchev–Trinajstić information content (AvgIpc) is 2.50. The molecule has 5 nitrogen and oxygen atoms in total. The van der Waals surface area contributed by atoms with E-state index in [1.165, 1.54) is 0 Å². The van der Waals surface area contributed by atoms with Gasteiger partial charge in [-0.05, 0) is 25.1 Å². The Morgan fingerprint density at radius 1 is 1.48 bits per heavy atom. The van der Waals surface area contributed by atoms with E-state index in [0.29, 0.717) is 18.2 Å². The summed E-state index contributed by atoms with van der Waals surface area (Å²) in [5.74, 6) is 2.89. The van der Waals surface area contributed by atoms with Gasteiger partial charge in [0.15, 0.2) is 5.96 Å². The number of anilines is 1. The van der Waals surface area contributed by atoms with Crippen LogP contribution in [0, 0.1) is 12.3 Å². The van der Waals surface area contributed by atoms with Gasteiger partial charge in [-0.3, -0.25) is 4.79 Å². The van der Waals surface area contributed by atoms with Crippen LogP contribution >= 0.6 is 0 Å². The summed E-state index contributed by atoms with van der Waals surface area (Å²) >= 11 is 0. The highest BCUT2D eigenvalue weighted by molar-refractivity contribution is 5.94. The molecule has 1 aromatic carbocycles. The quantitative estimate of drug-likeness (QED) is 0.320. The maximum absolute atomic E-state index is 11.8. The summed E-state index contributed by atoms with van der Waals surface area (Å²) in [6, 6.07) is 7.12. The Morgan fingerprint density at radius 2 is 2.29 bits per heavy atom. The van der Waals surface area contributed by atoms with Gasteiger partial charge in [-0.15, -0.1) is 13.0 Å². The molecular weight excluding hydrogens is 264 g/mol. The Balaban J connectivity index is 2.58. The van der Waals surface area contributed by atoms with E-state index >= 15 is 0 Å². The molecular formula is C16H20N4O. The number of benzene rings is 1. The van der Waals surface area contributed by atoms with E-state index in [2.05, 4.69) is 33.4 Å². The molecule has 0 aliphatic heterocycles. The van der Waals surface area contributed by atoms with E-state index in [1.54, 1.807) is 30.3 Å². The highest BCUT2D eigenvalue weighted by Crippen LogP contribution is 2.09. The summed E-state index contributed by atoms with van der Waals surface area (Å²) in [6.07, 6.45) is 7.04. The molecule has 110 valence electrons. The van der Waals surface area contributed by atoms with Gasteiger partial charge in [-0.1, -0.05) is 18.1 Å². The zero-order chi connectivity index (χ0) is 15.5. The summed E-state index contributed by atoms with van der Waals surface area (Å²) < 4.78 is 0. The van der Waals surface area contributed by atoms with E-state index in [4.69, 9.17) is 6.42 Å². The van der Waals surface area contributed by atoms with Crippen molar-refractivity contribution >= 4 is 17.6 Å². The Labute approximate surface area is 125 Å². The first kappa shape index (κ1) is 16.3. The Morgan fingerprint density at radius 3 is 2.95 bits per heavy atom. The van der Waals surface area contributed by atoms with Crippen LogP contribution in [0.2, 0.25) is 0 Å². The van der Waals surface area contributed by atoms with Gasteiger partial charge in [0.1, 0.15) is 6.54 Å². The SMILES string of the molecule is C#Cc1cccc(NC(=O)CN=C(NCC)NCC=C)c1. The topological polar surface area (TPSA) is 65.5 Å². The molecule has 0 unspecified atom stereocenters. The minimum Gasteiger partial charge on any atom is -0.357 e. The van der Waals surface area contributed by atoms with E-state index in [-0.39, 0.29) is 12.5 Å². The second-order valence-corrected chi connectivity index (χ2v) is 4.14. The Bertz CT molecular complexity index is 558. The zero-order valence-corrected chi connectivity index (χ0v) is 12.1. The molecule has 0 aliphatic rings. The van der Waals surface area contributed by atoms with Gasteiger partial charge in [-0.25, -0.2) is 4.99 Å². The molecule has 0 spiro atoms. The standard InChI is InChI=1S/C16H20N4O/c1-4-10-18-16(17-6-3)19-12-15(21)20-14-9-7-8-13(5-2)11-14/h2,4,7-9,11H,1,6,10,12H2,3H3,(H,20,21)(H2,17,18,19). The van der Waals surface area contributed by atoms with Crippen LogP contribution in [0.3, 0.4) is 0 Å². The number of nitrogens with zero attached hydrogens (tertiary/aromatic N) is 1. The van der Waals surface area contributed by atoms with Crippen LogP contribution in [0.4, 0.5) is 5.69 Å². The number of nitrogens with one attached hydrogen (secondary N) is 3. The van der Waals surface area contributed by atoms with Gasteiger partial charge in [0.05, 0.1) is 0 Å². The third kappa shape index (κ3) is 6.30. The lowest BCUT2D eigenvalue weighted by Gasteiger charge is -2.09. The van der Waals surface area contributed by atoms with Crippen LogP contribution in [0.1, 0.15) is 12.5 Å². The summed E-state index contributed by atoms with van der Waals surface area (Å²) in [4.78, 5) is 16.0. The number of carbonyl (C=O) groups excluding carboxylic acids is 1. The molecule has 3 N–H and O–H groups in total. The second-order valence-electron chi connectivity index (χ2n) is 4.14. The molecule has 0 atom stereocenters. The number of rotatable bonds is 6. The first-order valence-electron chi connectivity index (χ1n) is 6.69. The predicted octanol–water partition coefficient (Wildman–Crippen LogP) is 1.35. The number of guanidine groups is 1. The highest BCUT2D eigenvalue weighted by atomic mass is 16.1. The average molecular weight is 284 g/mol. The van der Waals surface area contributed by atoms with Crippen LogP contribution in [0.15, 0.2) is 41.9 Å². The molecule has 0 bridgehead atoms. The molecule has 1 aromatic rings. The van der Waals surface area contributed by atoms with Crippen molar-refractivity contribution in [3.05, 3.63) is 42.5 Å². The lowest BCUT2D eigenvalue weighted by Crippen LogP contribution is -2.38. The van der Waals surface area contributed by atoms with Crippen LogP contribution in [-0.4, -0.2) is 31.5 Å². The van der Waals surface area contributed by atoms with Crippen molar-refractivity contribution in [1.29, 1.82) is 0 Å².